The van der Waals surface area contributed by atoms with Gasteiger partial charge in [0.25, 0.3) is 0 Å². The Labute approximate surface area is 131 Å². The Morgan fingerprint density at radius 2 is 2.26 bits per heavy atom. The van der Waals surface area contributed by atoms with Crippen molar-refractivity contribution in [2.75, 3.05) is 6.61 Å². The molecule has 1 aliphatic rings. The quantitative estimate of drug-likeness (QED) is 0.937. The van der Waals surface area contributed by atoms with Gasteiger partial charge in [-0.25, -0.2) is 9.18 Å². The van der Waals surface area contributed by atoms with Crippen LogP contribution in [0.5, 0.6) is 5.75 Å². The lowest BCUT2D eigenvalue weighted by Crippen LogP contribution is -2.26. The lowest BCUT2D eigenvalue weighted by Gasteiger charge is -2.29. The zero-order chi connectivity index (χ0) is 16.7. The molecular formula is C16H16FNO5. The van der Waals surface area contributed by atoms with Crippen LogP contribution in [-0.4, -0.2) is 22.2 Å². The fraction of sp³-hybridized carbons (Fsp3) is 0.375. The normalized spacial score (nSPS) is 16.6. The highest BCUT2D eigenvalue weighted by Gasteiger charge is 2.28. The summed E-state index contributed by atoms with van der Waals surface area (Å²) in [4.78, 5) is 23.7. The van der Waals surface area contributed by atoms with Gasteiger partial charge in [-0.1, -0.05) is 6.92 Å². The average Bonchev–Trinajstić information content (AvgIpc) is 2.53. The molecule has 0 bridgehead atoms. The number of carbonyl (C=O) groups is 1. The molecule has 1 aromatic carbocycles. The topological polar surface area (TPSA) is 77.8 Å². The van der Waals surface area contributed by atoms with Crippen LogP contribution in [0.25, 0.3) is 10.9 Å². The Morgan fingerprint density at radius 1 is 1.52 bits per heavy atom. The summed E-state index contributed by atoms with van der Waals surface area (Å²) in [5.74, 6) is -2.00. The van der Waals surface area contributed by atoms with Gasteiger partial charge < -0.3 is 19.1 Å². The van der Waals surface area contributed by atoms with Gasteiger partial charge in [-0.2, -0.15) is 0 Å². The molecule has 1 unspecified atom stereocenters. The number of nitrogens with zero attached hydrogens (tertiary/aromatic N) is 1. The molecule has 1 atom stereocenters. The number of aromatic nitrogens is 1. The van der Waals surface area contributed by atoms with Crippen LogP contribution in [-0.2, 0) is 11.3 Å². The number of pyridine rings is 1. The number of aromatic carboxylic acids is 1. The van der Waals surface area contributed by atoms with Gasteiger partial charge in [-0.15, -0.1) is 0 Å². The molecule has 0 aliphatic carbocycles. The summed E-state index contributed by atoms with van der Waals surface area (Å²) < 4.78 is 26.9. The van der Waals surface area contributed by atoms with Gasteiger partial charge in [0, 0.05) is 11.8 Å². The standard InChI is InChI=1S/C16H16FNO5/c1-3-12-18-6-9(16(20)21)14(19)8-5-11(17)15(22-4-2)10(7-23-12)13(8)18/h5-6,12H,3-4,7H2,1-2H3,(H,20,21). The third-order valence-corrected chi connectivity index (χ3v) is 3.92. The minimum absolute atomic E-state index is 0.0302. The van der Waals surface area contributed by atoms with E-state index in [1.807, 2.05) is 6.92 Å². The van der Waals surface area contributed by atoms with Crippen LogP contribution in [0.4, 0.5) is 4.39 Å². The van der Waals surface area contributed by atoms with Crippen LogP contribution in [0.15, 0.2) is 17.1 Å². The first-order valence-corrected chi connectivity index (χ1v) is 7.37. The molecule has 1 N–H and O–H groups in total. The van der Waals surface area contributed by atoms with Crippen molar-refractivity contribution in [3.63, 3.8) is 0 Å². The van der Waals surface area contributed by atoms with Crippen LogP contribution in [0, 0.1) is 5.82 Å². The zero-order valence-electron chi connectivity index (χ0n) is 12.8. The largest absolute Gasteiger partial charge is 0.490 e. The second-order valence-electron chi connectivity index (χ2n) is 5.25. The van der Waals surface area contributed by atoms with E-state index in [9.17, 15) is 19.1 Å². The molecule has 23 heavy (non-hydrogen) atoms. The molecule has 2 aromatic rings. The second kappa shape index (κ2) is 5.66. The predicted molar refractivity (Wildman–Crippen MR) is 80.4 cm³/mol. The summed E-state index contributed by atoms with van der Waals surface area (Å²) in [6.07, 6.45) is 1.43. The number of ether oxygens (including phenoxy) is 2. The van der Waals surface area contributed by atoms with Gasteiger partial charge in [-0.05, 0) is 19.4 Å². The van der Waals surface area contributed by atoms with Crippen LogP contribution in [0.3, 0.4) is 0 Å². The molecule has 0 radical (unpaired) electrons. The maximum atomic E-state index is 14.3. The van der Waals surface area contributed by atoms with Crippen molar-refractivity contribution in [1.29, 1.82) is 0 Å². The summed E-state index contributed by atoms with van der Waals surface area (Å²) in [7, 11) is 0. The number of carboxylic acids is 1. The highest BCUT2D eigenvalue weighted by molar-refractivity contribution is 5.94. The summed E-state index contributed by atoms with van der Waals surface area (Å²) in [5.41, 5.74) is -0.205. The summed E-state index contributed by atoms with van der Waals surface area (Å²) in [5, 5.41) is 9.26. The van der Waals surface area contributed by atoms with Crippen LogP contribution >= 0.6 is 0 Å². The average molecular weight is 321 g/mol. The SMILES string of the molecule is CCOc1c(F)cc2c(=O)c(C(=O)O)cn3c2c1COC3CC. The third-order valence-electron chi connectivity index (χ3n) is 3.92. The predicted octanol–water partition coefficient (Wildman–Crippen LogP) is 2.68. The van der Waals surface area contributed by atoms with Crippen molar-refractivity contribution < 1.29 is 23.8 Å². The fourth-order valence-electron chi connectivity index (χ4n) is 2.94. The first-order chi connectivity index (χ1) is 11.0. The monoisotopic (exact) mass is 321 g/mol. The van der Waals surface area contributed by atoms with Crippen molar-refractivity contribution in [3.05, 3.63) is 39.4 Å². The van der Waals surface area contributed by atoms with Gasteiger partial charge in [0.05, 0.1) is 24.1 Å². The van der Waals surface area contributed by atoms with Gasteiger partial charge >= 0.3 is 5.97 Å². The van der Waals surface area contributed by atoms with E-state index in [1.54, 1.807) is 11.5 Å². The lowest BCUT2D eigenvalue weighted by atomic mass is 10.0. The van der Waals surface area contributed by atoms with Gasteiger partial charge in [0.2, 0.25) is 5.43 Å². The van der Waals surface area contributed by atoms with Crippen LogP contribution < -0.4 is 10.2 Å². The molecule has 2 heterocycles. The third kappa shape index (κ3) is 2.28. The smallest absolute Gasteiger partial charge is 0.341 e. The minimum atomic E-state index is -1.35. The number of halogens is 1. The van der Waals surface area contributed by atoms with Crippen molar-refractivity contribution in [3.8, 4) is 5.75 Å². The molecule has 0 saturated carbocycles. The summed E-state index contributed by atoms with van der Waals surface area (Å²) in [6, 6.07) is 1.05. The zero-order valence-corrected chi connectivity index (χ0v) is 12.8. The molecule has 6 nitrogen and oxygen atoms in total. The van der Waals surface area contributed by atoms with Crippen molar-refractivity contribution in [1.82, 2.24) is 4.57 Å². The Morgan fingerprint density at radius 3 is 2.87 bits per heavy atom. The minimum Gasteiger partial charge on any atom is -0.490 e. The molecule has 0 fully saturated rings. The first-order valence-electron chi connectivity index (χ1n) is 7.37. The summed E-state index contributed by atoms with van der Waals surface area (Å²) >= 11 is 0. The highest BCUT2D eigenvalue weighted by Crippen LogP contribution is 2.37. The van der Waals surface area contributed by atoms with Crippen LogP contribution in [0.1, 0.15) is 42.4 Å². The van der Waals surface area contributed by atoms with Crippen LogP contribution in [0.2, 0.25) is 0 Å². The van der Waals surface area contributed by atoms with Gasteiger partial charge in [0.15, 0.2) is 11.6 Å². The number of hydrogen-bond acceptors (Lipinski definition) is 4. The maximum absolute atomic E-state index is 14.3. The number of rotatable bonds is 4. The lowest BCUT2D eigenvalue weighted by molar-refractivity contribution is -0.0189. The molecule has 0 spiro atoms. The summed E-state index contributed by atoms with van der Waals surface area (Å²) in [6.45, 7) is 3.99. The molecular weight excluding hydrogens is 305 g/mol. The Bertz CT molecular complexity index is 858. The number of hydrogen-bond donors (Lipinski definition) is 1. The van der Waals surface area contributed by atoms with E-state index in [4.69, 9.17) is 9.47 Å². The van der Waals surface area contributed by atoms with Crippen molar-refractivity contribution in [2.24, 2.45) is 0 Å². The Balaban J connectivity index is 2.47. The van der Waals surface area contributed by atoms with E-state index in [0.717, 1.165) is 6.07 Å². The second-order valence-corrected chi connectivity index (χ2v) is 5.25. The van der Waals surface area contributed by atoms with E-state index < -0.39 is 29.0 Å². The molecule has 0 saturated heterocycles. The first kappa shape index (κ1) is 15.5. The molecule has 1 aliphatic heterocycles. The molecule has 0 amide bonds. The van der Waals surface area contributed by atoms with Crippen molar-refractivity contribution >= 4 is 16.9 Å². The van der Waals surface area contributed by atoms with E-state index in [0.29, 0.717) is 17.5 Å². The van der Waals surface area contributed by atoms with E-state index in [-0.39, 0.29) is 24.3 Å². The highest BCUT2D eigenvalue weighted by atomic mass is 19.1. The fourth-order valence-corrected chi connectivity index (χ4v) is 2.94. The van der Waals surface area contributed by atoms with E-state index in [2.05, 4.69) is 0 Å². The maximum Gasteiger partial charge on any atom is 0.341 e. The van der Waals surface area contributed by atoms with E-state index in [1.165, 1.54) is 6.20 Å². The number of benzene rings is 1. The van der Waals surface area contributed by atoms with Crippen molar-refractivity contribution in [2.45, 2.75) is 33.1 Å². The Hall–Kier alpha value is -2.41. The Kier molecular flexibility index (Phi) is 3.81. The molecule has 1 aromatic heterocycles. The van der Waals surface area contributed by atoms with Gasteiger partial charge in [0.1, 0.15) is 11.8 Å². The van der Waals surface area contributed by atoms with E-state index >= 15 is 0 Å². The van der Waals surface area contributed by atoms with Gasteiger partial charge in [-0.3, -0.25) is 4.79 Å². The molecule has 7 heteroatoms. The number of carboxylic acid groups (broad SMARTS) is 1. The molecule has 3 rings (SSSR count). The molecule has 122 valence electrons.